The smallest absolute Gasteiger partial charge is 0.140 e. The number of rotatable bonds is 4. The number of hydrogen-bond donors (Lipinski definition) is 0. The minimum Gasteiger partial charge on any atom is -0.361 e. The highest BCUT2D eigenvalue weighted by molar-refractivity contribution is 5.23. The maximum atomic E-state index is 5.56. The average molecular weight is 300 g/mol. The SMILES string of the molecule is CC(C)(C)c1cc(C2CC2Cc2cc(C3CCC3)on2)on1. The van der Waals surface area contributed by atoms with Crippen LogP contribution in [0.4, 0.5) is 0 Å². The molecule has 4 heteroatoms. The second kappa shape index (κ2) is 4.97. The normalized spacial score (nSPS) is 25.2. The van der Waals surface area contributed by atoms with Crippen molar-refractivity contribution in [1.82, 2.24) is 10.3 Å². The van der Waals surface area contributed by atoms with Crippen LogP contribution in [-0.2, 0) is 11.8 Å². The molecule has 2 saturated carbocycles. The summed E-state index contributed by atoms with van der Waals surface area (Å²) in [5.74, 6) is 3.89. The van der Waals surface area contributed by atoms with Crippen LogP contribution in [0.2, 0.25) is 0 Å². The fraction of sp³-hybridized carbons (Fsp3) is 0.667. The zero-order chi connectivity index (χ0) is 15.3. The largest absolute Gasteiger partial charge is 0.361 e. The molecule has 2 atom stereocenters. The van der Waals surface area contributed by atoms with E-state index in [0.717, 1.165) is 29.3 Å². The van der Waals surface area contributed by atoms with Crippen LogP contribution in [0.5, 0.6) is 0 Å². The third-order valence-corrected chi connectivity index (χ3v) is 5.14. The summed E-state index contributed by atoms with van der Waals surface area (Å²) >= 11 is 0. The molecule has 2 heterocycles. The first-order valence-corrected chi connectivity index (χ1v) is 8.43. The minimum absolute atomic E-state index is 0.0515. The lowest BCUT2D eigenvalue weighted by atomic mass is 9.83. The zero-order valence-electron chi connectivity index (χ0n) is 13.6. The molecule has 2 aromatic rings. The summed E-state index contributed by atoms with van der Waals surface area (Å²) < 4.78 is 11.1. The van der Waals surface area contributed by atoms with Gasteiger partial charge in [0.15, 0.2) is 0 Å². The van der Waals surface area contributed by atoms with E-state index >= 15 is 0 Å². The van der Waals surface area contributed by atoms with Crippen molar-refractivity contribution in [1.29, 1.82) is 0 Å². The summed E-state index contributed by atoms with van der Waals surface area (Å²) in [6.07, 6.45) is 6.01. The van der Waals surface area contributed by atoms with Crippen LogP contribution in [-0.4, -0.2) is 10.3 Å². The van der Waals surface area contributed by atoms with Gasteiger partial charge in [-0.1, -0.05) is 37.5 Å². The second-order valence-corrected chi connectivity index (χ2v) is 8.02. The molecule has 4 nitrogen and oxygen atoms in total. The molecule has 2 aromatic heterocycles. The molecule has 2 fully saturated rings. The van der Waals surface area contributed by atoms with E-state index in [1.807, 2.05) is 0 Å². The van der Waals surface area contributed by atoms with Crippen molar-refractivity contribution in [3.05, 3.63) is 35.0 Å². The van der Waals surface area contributed by atoms with Crippen LogP contribution < -0.4 is 0 Å². The second-order valence-electron chi connectivity index (χ2n) is 8.02. The predicted molar refractivity (Wildman–Crippen MR) is 82.9 cm³/mol. The fourth-order valence-electron chi connectivity index (χ4n) is 3.22. The molecule has 0 spiro atoms. The molecule has 2 aliphatic carbocycles. The molecular formula is C18H24N2O2. The van der Waals surface area contributed by atoms with E-state index in [1.165, 1.54) is 25.7 Å². The molecule has 0 saturated heterocycles. The Kier molecular flexibility index (Phi) is 3.17. The van der Waals surface area contributed by atoms with Crippen LogP contribution in [0.25, 0.3) is 0 Å². The van der Waals surface area contributed by atoms with E-state index in [-0.39, 0.29) is 5.41 Å². The molecule has 22 heavy (non-hydrogen) atoms. The molecule has 0 N–H and O–H groups in total. The number of hydrogen-bond acceptors (Lipinski definition) is 4. The van der Waals surface area contributed by atoms with Gasteiger partial charge in [-0.3, -0.25) is 0 Å². The molecular weight excluding hydrogens is 276 g/mol. The van der Waals surface area contributed by atoms with Gasteiger partial charge in [0.25, 0.3) is 0 Å². The molecule has 2 unspecified atom stereocenters. The van der Waals surface area contributed by atoms with Crippen molar-refractivity contribution in [2.45, 2.75) is 70.1 Å². The molecule has 2 aliphatic rings. The highest BCUT2D eigenvalue weighted by Gasteiger charge is 2.42. The third-order valence-electron chi connectivity index (χ3n) is 5.14. The Hall–Kier alpha value is -1.58. The Balaban J connectivity index is 1.38. The van der Waals surface area contributed by atoms with Crippen molar-refractivity contribution < 1.29 is 9.05 Å². The third kappa shape index (κ3) is 2.59. The highest BCUT2D eigenvalue weighted by Crippen LogP contribution is 2.50. The van der Waals surface area contributed by atoms with Crippen LogP contribution >= 0.6 is 0 Å². The lowest BCUT2D eigenvalue weighted by molar-refractivity contribution is 0.298. The van der Waals surface area contributed by atoms with Gasteiger partial charge in [-0.25, -0.2) is 0 Å². The minimum atomic E-state index is 0.0515. The van der Waals surface area contributed by atoms with E-state index in [9.17, 15) is 0 Å². The number of nitrogens with zero attached hydrogens (tertiary/aromatic N) is 2. The van der Waals surface area contributed by atoms with Gasteiger partial charge in [0.1, 0.15) is 11.5 Å². The number of aromatic nitrogens is 2. The van der Waals surface area contributed by atoms with Gasteiger partial charge >= 0.3 is 0 Å². The Bertz CT molecular complexity index is 661. The quantitative estimate of drug-likeness (QED) is 0.829. The van der Waals surface area contributed by atoms with Crippen molar-refractivity contribution >= 4 is 0 Å². The van der Waals surface area contributed by atoms with Crippen molar-refractivity contribution in [2.24, 2.45) is 5.92 Å². The lowest BCUT2D eigenvalue weighted by Crippen LogP contribution is -2.10. The predicted octanol–water partition coefficient (Wildman–Crippen LogP) is 4.57. The summed E-state index contributed by atoms with van der Waals surface area (Å²) in [5, 5.41) is 8.48. The molecule has 0 radical (unpaired) electrons. The van der Waals surface area contributed by atoms with Gasteiger partial charge in [0, 0.05) is 29.4 Å². The summed E-state index contributed by atoms with van der Waals surface area (Å²) in [4.78, 5) is 0. The van der Waals surface area contributed by atoms with Crippen LogP contribution in [0.15, 0.2) is 21.2 Å². The van der Waals surface area contributed by atoms with Crippen molar-refractivity contribution in [2.75, 3.05) is 0 Å². The van der Waals surface area contributed by atoms with E-state index in [4.69, 9.17) is 9.05 Å². The first kappa shape index (κ1) is 14.0. The molecule has 0 amide bonds. The van der Waals surface area contributed by atoms with E-state index < -0.39 is 0 Å². The van der Waals surface area contributed by atoms with Crippen LogP contribution in [0.3, 0.4) is 0 Å². The first-order valence-electron chi connectivity index (χ1n) is 8.43. The topological polar surface area (TPSA) is 52.1 Å². The maximum absolute atomic E-state index is 5.56. The summed E-state index contributed by atoms with van der Waals surface area (Å²) in [7, 11) is 0. The first-order chi connectivity index (χ1) is 10.5. The Labute approximate surface area is 131 Å². The average Bonchev–Trinajstić information content (AvgIpc) is 2.83. The molecule has 0 aliphatic heterocycles. The van der Waals surface area contributed by atoms with Crippen molar-refractivity contribution in [3.8, 4) is 0 Å². The van der Waals surface area contributed by atoms with Crippen LogP contribution in [0, 0.1) is 5.92 Å². The van der Waals surface area contributed by atoms with Gasteiger partial charge in [0.05, 0.1) is 11.4 Å². The molecule has 0 bridgehead atoms. The molecule has 4 rings (SSSR count). The highest BCUT2D eigenvalue weighted by atomic mass is 16.5. The lowest BCUT2D eigenvalue weighted by Gasteiger charge is -2.21. The van der Waals surface area contributed by atoms with Gasteiger partial charge in [-0.15, -0.1) is 0 Å². The monoisotopic (exact) mass is 300 g/mol. The van der Waals surface area contributed by atoms with E-state index in [0.29, 0.717) is 17.8 Å². The molecule has 118 valence electrons. The maximum Gasteiger partial charge on any atom is 0.140 e. The summed E-state index contributed by atoms with van der Waals surface area (Å²) in [6, 6.07) is 4.30. The van der Waals surface area contributed by atoms with E-state index in [2.05, 4.69) is 43.2 Å². The van der Waals surface area contributed by atoms with Gasteiger partial charge < -0.3 is 9.05 Å². The van der Waals surface area contributed by atoms with Crippen LogP contribution in [0.1, 0.15) is 81.2 Å². The fourth-order valence-corrected chi connectivity index (χ4v) is 3.22. The Morgan fingerprint density at radius 2 is 1.86 bits per heavy atom. The van der Waals surface area contributed by atoms with Crippen molar-refractivity contribution in [3.63, 3.8) is 0 Å². The Morgan fingerprint density at radius 3 is 2.50 bits per heavy atom. The van der Waals surface area contributed by atoms with Gasteiger partial charge in [0.2, 0.25) is 0 Å². The van der Waals surface area contributed by atoms with Gasteiger partial charge in [-0.05, 0) is 31.6 Å². The van der Waals surface area contributed by atoms with Gasteiger partial charge in [-0.2, -0.15) is 0 Å². The van der Waals surface area contributed by atoms with E-state index in [1.54, 1.807) is 0 Å². The molecule has 0 aromatic carbocycles. The standard InChI is InChI=1S/C18H24N2O2/c1-18(2,3)17-10-16(22-20-17)14-8-12(14)7-13-9-15(21-19-13)11-5-4-6-11/h9-12,14H,4-8H2,1-3H3. The summed E-state index contributed by atoms with van der Waals surface area (Å²) in [6.45, 7) is 6.49. The Morgan fingerprint density at radius 1 is 1.09 bits per heavy atom. The summed E-state index contributed by atoms with van der Waals surface area (Å²) in [5.41, 5.74) is 2.20. The zero-order valence-corrected chi connectivity index (χ0v) is 13.6.